The fourth-order valence-corrected chi connectivity index (χ4v) is 6.96. The van der Waals surface area contributed by atoms with Crippen LogP contribution in [0.3, 0.4) is 0 Å². The van der Waals surface area contributed by atoms with Gasteiger partial charge in [0.05, 0.1) is 12.4 Å². The van der Waals surface area contributed by atoms with Crippen molar-refractivity contribution in [3.05, 3.63) is 58.7 Å². The minimum Gasteiger partial charge on any atom is -0.507 e. The molecule has 0 saturated carbocycles. The van der Waals surface area contributed by atoms with Gasteiger partial charge in [-0.2, -0.15) is 0 Å². The summed E-state index contributed by atoms with van der Waals surface area (Å²) >= 11 is 1.28. The lowest BCUT2D eigenvalue weighted by molar-refractivity contribution is -0.237. The van der Waals surface area contributed by atoms with E-state index in [0.717, 1.165) is 22.3 Å². The zero-order valence-corrected chi connectivity index (χ0v) is 30.4. The third-order valence-electron chi connectivity index (χ3n) is 7.69. The van der Waals surface area contributed by atoms with Gasteiger partial charge in [-0.15, -0.1) is 11.8 Å². The molecule has 0 amide bonds. The molecule has 6 atom stereocenters. The highest BCUT2D eigenvalue weighted by Crippen LogP contribution is 2.48. The lowest BCUT2D eigenvalue weighted by Crippen LogP contribution is -2.61. The van der Waals surface area contributed by atoms with Gasteiger partial charge in [-0.05, 0) is 45.2 Å². The van der Waals surface area contributed by atoms with E-state index in [-0.39, 0.29) is 12.4 Å². The minimum absolute atomic E-state index is 0.213. The number of thioether (sulfide) groups is 1. The molecule has 0 aliphatic carbocycles. The first-order valence-electron chi connectivity index (χ1n) is 15.7. The zero-order chi connectivity index (χ0) is 36.1. The SMILES string of the molecule is COc1ccc([C@@H](S[C@@H]2OC(COC(C)=O)[C@@H](OC(C)=O)C(OC(C)=O)C2OC(C)=O)c2cc(C(C)(C)C)c(O)c(C(C)(C)C)c2)cc1. The van der Waals surface area contributed by atoms with Crippen molar-refractivity contribution in [2.75, 3.05) is 13.7 Å². The Labute approximate surface area is 286 Å². The molecule has 3 rings (SSSR count). The van der Waals surface area contributed by atoms with Crippen molar-refractivity contribution in [3.63, 3.8) is 0 Å². The Morgan fingerprint density at radius 3 is 1.67 bits per heavy atom. The maximum atomic E-state index is 12.5. The maximum Gasteiger partial charge on any atom is 0.303 e. The van der Waals surface area contributed by atoms with Crippen LogP contribution in [0.1, 0.15) is 96.7 Å². The molecule has 1 saturated heterocycles. The number of methoxy groups -OCH3 is 1. The van der Waals surface area contributed by atoms with E-state index in [1.807, 2.05) is 77.9 Å². The molecule has 0 spiro atoms. The molecule has 2 aromatic carbocycles. The summed E-state index contributed by atoms with van der Waals surface area (Å²) in [6.45, 7) is 16.6. The monoisotopic (exact) mass is 688 g/mol. The summed E-state index contributed by atoms with van der Waals surface area (Å²) in [4.78, 5) is 49.0. The first kappa shape index (κ1) is 38.7. The third-order valence-corrected chi connectivity index (χ3v) is 9.15. The molecular formula is C36H48O11S. The van der Waals surface area contributed by atoms with E-state index in [9.17, 15) is 24.3 Å². The van der Waals surface area contributed by atoms with E-state index in [0.29, 0.717) is 5.75 Å². The summed E-state index contributed by atoms with van der Waals surface area (Å²) in [6.07, 6.45) is -4.89. The molecule has 48 heavy (non-hydrogen) atoms. The molecule has 0 radical (unpaired) electrons. The summed E-state index contributed by atoms with van der Waals surface area (Å²) in [5, 5.41) is 11.0. The molecule has 1 heterocycles. The lowest BCUT2D eigenvalue weighted by atomic mass is 9.78. The Morgan fingerprint density at radius 2 is 1.23 bits per heavy atom. The number of hydrogen-bond donors (Lipinski definition) is 1. The van der Waals surface area contributed by atoms with Crippen molar-refractivity contribution in [1.82, 2.24) is 0 Å². The van der Waals surface area contributed by atoms with Crippen molar-refractivity contribution in [1.29, 1.82) is 0 Å². The average molecular weight is 689 g/mol. The normalized spacial score (nSPS) is 21.9. The standard InChI is InChI=1S/C36H48O11S/c1-19(37)43-18-28-30(44-20(2)38)31(45-21(3)39)32(46-22(4)40)34(47-28)48-33(23-12-14-25(42-11)15-13-23)24-16-26(35(5,6)7)29(41)27(17-24)36(8,9)10/h12-17,28,30-34,41H,18H2,1-11H3/t28?,30-,31?,32?,33-,34+/m1/s1. The van der Waals surface area contributed by atoms with Crippen LogP contribution in [0.25, 0.3) is 0 Å². The van der Waals surface area contributed by atoms with Crippen molar-refractivity contribution in [2.45, 2.75) is 115 Å². The van der Waals surface area contributed by atoms with E-state index >= 15 is 0 Å². The molecule has 1 fully saturated rings. The number of carbonyl (C=O) groups is 4. The van der Waals surface area contributed by atoms with Crippen LogP contribution < -0.4 is 4.74 Å². The summed E-state index contributed by atoms with van der Waals surface area (Å²) in [5.41, 5.74) is 1.26. The van der Waals surface area contributed by atoms with Gasteiger partial charge in [0.2, 0.25) is 0 Å². The van der Waals surface area contributed by atoms with Gasteiger partial charge in [-0.1, -0.05) is 65.8 Å². The molecule has 1 aliphatic rings. The van der Waals surface area contributed by atoms with Crippen LogP contribution in [-0.4, -0.2) is 72.6 Å². The number of hydrogen-bond acceptors (Lipinski definition) is 12. The highest BCUT2D eigenvalue weighted by molar-refractivity contribution is 8.00. The third kappa shape index (κ3) is 9.88. The summed E-state index contributed by atoms with van der Waals surface area (Å²) in [7, 11) is 1.57. The van der Waals surface area contributed by atoms with Gasteiger partial charge in [-0.25, -0.2) is 0 Å². The van der Waals surface area contributed by atoms with Gasteiger partial charge in [0, 0.05) is 27.7 Å². The number of phenolic OH excluding ortho intramolecular Hbond substituents is 1. The molecule has 264 valence electrons. The number of carbonyl (C=O) groups excluding carboxylic acids is 4. The molecule has 1 aliphatic heterocycles. The topological polar surface area (TPSA) is 144 Å². The second-order valence-electron chi connectivity index (χ2n) is 13.8. The van der Waals surface area contributed by atoms with E-state index in [1.54, 1.807) is 7.11 Å². The van der Waals surface area contributed by atoms with Gasteiger partial charge >= 0.3 is 23.9 Å². The van der Waals surface area contributed by atoms with Gasteiger partial charge in [0.1, 0.15) is 29.6 Å². The second kappa shape index (κ2) is 15.6. The quantitative estimate of drug-likeness (QED) is 0.234. The first-order chi connectivity index (χ1) is 22.2. The van der Waals surface area contributed by atoms with Crippen LogP contribution in [-0.2, 0) is 53.7 Å². The van der Waals surface area contributed by atoms with Gasteiger partial charge in [0.25, 0.3) is 0 Å². The molecule has 0 aromatic heterocycles. The smallest absolute Gasteiger partial charge is 0.303 e. The number of esters is 4. The van der Waals surface area contributed by atoms with E-state index in [2.05, 4.69) is 0 Å². The number of rotatable bonds is 10. The molecule has 11 nitrogen and oxygen atoms in total. The van der Waals surface area contributed by atoms with Crippen molar-refractivity contribution < 1.29 is 52.7 Å². The molecular weight excluding hydrogens is 640 g/mol. The fourth-order valence-electron chi connectivity index (χ4n) is 5.51. The van der Waals surface area contributed by atoms with Crippen LogP contribution in [0, 0.1) is 0 Å². The fraction of sp³-hybridized carbons (Fsp3) is 0.556. The molecule has 2 aromatic rings. The van der Waals surface area contributed by atoms with Crippen molar-refractivity contribution in [3.8, 4) is 11.5 Å². The Morgan fingerprint density at radius 1 is 0.750 bits per heavy atom. The second-order valence-corrected chi connectivity index (χ2v) is 15.0. The molecule has 12 heteroatoms. The van der Waals surface area contributed by atoms with Crippen LogP contribution in [0.4, 0.5) is 0 Å². The number of aromatic hydroxyl groups is 1. The van der Waals surface area contributed by atoms with Gasteiger partial charge in [0.15, 0.2) is 18.3 Å². The highest BCUT2D eigenvalue weighted by Gasteiger charge is 2.53. The predicted octanol–water partition coefficient (Wildman–Crippen LogP) is 5.90. The largest absolute Gasteiger partial charge is 0.507 e. The van der Waals surface area contributed by atoms with Crippen molar-refractivity contribution >= 4 is 35.6 Å². The summed E-state index contributed by atoms with van der Waals surface area (Å²) in [5.74, 6) is -1.83. The molecule has 0 bridgehead atoms. The Bertz CT molecular complexity index is 1440. The number of ether oxygens (including phenoxy) is 6. The molecule has 3 unspecified atom stereocenters. The minimum atomic E-state index is -1.30. The van der Waals surface area contributed by atoms with Crippen LogP contribution in [0.15, 0.2) is 36.4 Å². The van der Waals surface area contributed by atoms with Crippen LogP contribution >= 0.6 is 11.8 Å². The van der Waals surface area contributed by atoms with E-state index < -0.39 is 69.8 Å². The Hall–Kier alpha value is -3.77. The van der Waals surface area contributed by atoms with Gasteiger partial charge in [-0.3, -0.25) is 19.2 Å². The first-order valence-corrected chi connectivity index (χ1v) is 16.6. The van der Waals surface area contributed by atoms with E-state index in [1.165, 1.54) is 39.5 Å². The maximum absolute atomic E-state index is 12.5. The molecule has 1 N–H and O–H groups in total. The number of benzene rings is 2. The Kier molecular flexibility index (Phi) is 12.6. The van der Waals surface area contributed by atoms with E-state index in [4.69, 9.17) is 28.4 Å². The van der Waals surface area contributed by atoms with Crippen molar-refractivity contribution in [2.24, 2.45) is 0 Å². The van der Waals surface area contributed by atoms with Crippen LogP contribution in [0.2, 0.25) is 0 Å². The van der Waals surface area contributed by atoms with Crippen LogP contribution in [0.5, 0.6) is 11.5 Å². The average Bonchev–Trinajstić information content (AvgIpc) is 2.96. The Balaban J connectivity index is 2.29. The zero-order valence-electron chi connectivity index (χ0n) is 29.6. The number of phenols is 1. The summed E-state index contributed by atoms with van der Waals surface area (Å²) < 4.78 is 34.2. The predicted molar refractivity (Wildman–Crippen MR) is 180 cm³/mol. The lowest BCUT2D eigenvalue weighted by Gasteiger charge is -2.45. The summed E-state index contributed by atoms with van der Waals surface area (Å²) in [6, 6.07) is 11.4. The highest BCUT2D eigenvalue weighted by atomic mass is 32.2. The van der Waals surface area contributed by atoms with Gasteiger partial charge < -0.3 is 33.5 Å².